The van der Waals surface area contributed by atoms with Crippen molar-refractivity contribution < 1.29 is 14.1 Å². The summed E-state index contributed by atoms with van der Waals surface area (Å²) in [5.41, 5.74) is 5.34. The molecule has 1 aliphatic carbocycles. The lowest BCUT2D eigenvalue weighted by atomic mass is 9.65. The molecule has 1 fully saturated rings. The Morgan fingerprint density at radius 3 is 2.67 bits per heavy atom. The summed E-state index contributed by atoms with van der Waals surface area (Å²) >= 11 is 0. The van der Waals surface area contributed by atoms with Gasteiger partial charge in [-0.15, -0.1) is 0 Å². The first-order valence-electron chi connectivity index (χ1n) is 5.68. The van der Waals surface area contributed by atoms with Gasteiger partial charge in [0.05, 0.1) is 11.0 Å². The third kappa shape index (κ3) is 2.03. The molecule has 5 nitrogen and oxygen atoms in total. The molecule has 0 spiro atoms. The van der Waals surface area contributed by atoms with E-state index < -0.39 is 10.7 Å². The Kier molecular flexibility index (Phi) is 2.98. The molecule has 1 aromatic carbocycles. The molecule has 2 N–H and O–H groups in total. The molecule has 0 radical (unpaired) electrons. The fourth-order valence-corrected chi connectivity index (χ4v) is 1.97. The molecular weight excluding hydrogens is 239 g/mol. The van der Waals surface area contributed by atoms with Gasteiger partial charge in [-0.1, -0.05) is 13.8 Å². The van der Waals surface area contributed by atoms with E-state index in [1.165, 1.54) is 12.1 Å². The van der Waals surface area contributed by atoms with Gasteiger partial charge in [-0.3, -0.25) is 10.1 Å². The SMILES string of the molecule is CC1(C)C(N)CC1Oc1ccc([N+](=O)[O-])cc1F. The van der Waals surface area contributed by atoms with E-state index in [0.29, 0.717) is 6.42 Å². The van der Waals surface area contributed by atoms with E-state index in [9.17, 15) is 14.5 Å². The number of nitro groups is 1. The molecule has 0 amide bonds. The maximum absolute atomic E-state index is 13.6. The van der Waals surface area contributed by atoms with Crippen molar-refractivity contribution in [3.8, 4) is 5.75 Å². The first-order valence-corrected chi connectivity index (χ1v) is 5.68. The molecule has 1 aliphatic rings. The van der Waals surface area contributed by atoms with Crippen molar-refractivity contribution in [2.24, 2.45) is 11.1 Å². The lowest BCUT2D eigenvalue weighted by molar-refractivity contribution is -0.385. The fraction of sp³-hybridized carbons (Fsp3) is 0.500. The van der Waals surface area contributed by atoms with Crippen LogP contribution in [0.3, 0.4) is 0 Å². The second-order valence-electron chi connectivity index (χ2n) is 5.14. The van der Waals surface area contributed by atoms with Gasteiger partial charge in [0.2, 0.25) is 0 Å². The molecule has 2 unspecified atom stereocenters. The van der Waals surface area contributed by atoms with Crippen LogP contribution in [0.1, 0.15) is 20.3 Å². The minimum absolute atomic E-state index is 0.0311. The van der Waals surface area contributed by atoms with Crippen LogP contribution in [0.5, 0.6) is 5.75 Å². The average Bonchev–Trinajstić information content (AvgIpc) is 2.30. The van der Waals surface area contributed by atoms with E-state index in [2.05, 4.69) is 0 Å². The second kappa shape index (κ2) is 4.20. The molecule has 98 valence electrons. The predicted molar refractivity (Wildman–Crippen MR) is 63.8 cm³/mol. The van der Waals surface area contributed by atoms with E-state index in [4.69, 9.17) is 10.5 Å². The maximum Gasteiger partial charge on any atom is 0.272 e. The standard InChI is InChI=1S/C12H15FN2O3/c1-12(2)10(14)6-11(12)18-9-4-3-7(15(16)17)5-8(9)13/h3-5,10-11H,6,14H2,1-2H3. The first kappa shape index (κ1) is 12.8. The van der Waals surface area contributed by atoms with Crippen LogP contribution < -0.4 is 10.5 Å². The summed E-state index contributed by atoms with van der Waals surface area (Å²) < 4.78 is 19.1. The van der Waals surface area contributed by atoms with Crippen molar-refractivity contribution in [3.05, 3.63) is 34.1 Å². The summed E-state index contributed by atoms with van der Waals surface area (Å²) in [5, 5.41) is 10.5. The Morgan fingerprint density at radius 2 is 2.22 bits per heavy atom. The number of halogens is 1. The van der Waals surface area contributed by atoms with Gasteiger partial charge in [0.25, 0.3) is 5.69 Å². The second-order valence-corrected chi connectivity index (χ2v) is 5.14. The van der Waals surface area contributed by atoms with E-state index in [0.717, 1.165) is 6.07 Å². The van der Waals surface area contributed by atoms with Crippen molar-refractivity contribution in [1.82, 2.24) is 0 Å². The number of non-ortho nitro benzene ring substituents is 1. The monoisotopic (exact) mass is 254 g/mol. The van der Waals surface area contributed by atoms with E-state index >= 15 is 0 Å². The predicted octanol–water partition coefficient (Wildman–Crippen LogP) is 2.24. The molecule has 0 saturated heterocycles. The number of hydrogen-bond acceptors (Lipinski definition) is 4. The highest BCUT2D eigenvalue weighted by atomic mass is 19.1. The first-order chi connectivity index (χ1) is 8.32. The van der Waals surface area contributed by atoms with Crippen molar-refractivity contribution in [2.45, 2.75) is 32.4 Å². The van der Waals surface area contributed by atoms with Crippen molar-refractivity contribution in [3.63, 3.8) is 0 Å². The normalized spacial score (nSPS) is 25.3. The van der Waals surface area contributed by atoms with E-state index in [1.54, 1.807) is 0 Å². The van der Waals surface area contributed by atoms with Crippen molar-refractivity contribution >= 4 is 5.69 Å². The molecule has 0 heterocycles. The molecule has 0 aromatic heterocycles. The zero-order valence-corrected chi connectivity index (χ0v) is 10.2. The Morgan fingerprint density at radius 1 is 1.56 bits per heavy atom. The topological polar surface area (TPSA) is 78.4 Å². The molecule has 1 aromatic rings. The van der Waals surface area contributed by atoms with Gasteiger partial charge in [0.1, 0.15) is 6.10 Å². The Bertz CT molecular complexity index is 490. The van der Waals surface area contributed by atoms with E-state index in [1.807, 2.05) is 13.8 Å². The minimum Gasteiger partial charge on any atom is -0.487 e. The molecule has 6 heteroatoms. The average molecular weight is 254 g/mol. The summed E-state index contributed by atoms with van der Waals surface area (Å²) in [6.45, 7) is 3.91. The molecule has 1 saturated carbocycles. The quantitative estimate of drug-likeness (QED) is 0.662. The van der Waals surface area contributed by atoms with Crippen LogP contribution in [-0.2, 0) is 0 Å². The van der Waals surface area contributed by atoms with Gasteiger partial charge < -0.3 is 10.5 Å². The Labute approximate surface area is 104 Å². The molecule has 0 aliphatic heterocycles. The molecular formula is C12H15FN2O3. The highest BCUT2D eigenvalue weighted by Crippen LogP contribution is 2.42. The van der Waals surface area contributed by atoms with Gasteiger partial charge >= 0.3 is 0 Å². The molecule has 2 atom stereocenters. The van der Waals surface area contributed by atoms with Crippen LogP contribution in [0.25, 0.3) is 0 Å². The molecule has 0 bridgehead atoms. The third-order valence-corrected chi connectivity index (χ3v) is 3.65. The van der Waals surface area contributed by atoms with Gasteiger partial charge in [0.15, 0.2) is 11.6 Å². The summed E-state index contributed by atoms with van der Waals surface area (Å²) in [5.74, 6) is -0.689. The molecule has 18 heavy (non-hydrogen) atoms. The van der Waals surface area contributed by atoms with Crippen LogP contribution in [-0.4, -0.2) is 17.1 Å². The number of nitrogens with zero attached hydrogens (tertiary/aromatic N) is 1. The van der Waals surface area contributed by atoms with Crippen LogP contribution in [0.15, 0.2) is 18.2 Å². The Hall–Kier alpha value is -1.69. The number of benzene rings is 1. The fourth-order valence-electron chi connectivity index (χ4n) is 1.97. The maximum atomic E-state index is 13.6. The smallest absolute Gasteiger partial charge is 0.272 e. The van der Waals surface area contributed by atoms with Gasteiger partial charge in [0, 0.05) is 23.9 Å². The Balaban J connectivity index is 2.14. The highest BCUT2D eigenvalue weighted by Gasteiger charge is 2.48. The van der Waals surface area contributed by atoms with Gasteiger partial charge in [-0.25, -0.2) is 4.39 Å². The highest BCUT2D eigenvalue weighted by molar-refractivity contribution is 5.38. The molecule has 2 rings (SSSR count). The zero-order chi connectivity index (χ0) is 13.5. The summed E-state index contributed by atoms with van der Waals surface area (Å²) in [6, 6.07) is 3.40. The van der Waals surface area contributed by atoms with Crippen molar-refractivity contribution in [2.75, 3.05) is 0 Å². The van der Waals surface area contributed by atoms with Gasteiger partial charge in [-0.2, -0.15) is 0 Å². The van der Waals surface area contributed by atoms with Crippen LogP contribution >= 0.6 is 0 Å². The number of nitro benzene ring substituents is 1. The number of ether oxygens (including phenoxy) is 1. The third-order valence-electron chi connectivity index (χ3n) is 3.65. The lowest BCUT2D eigenvalue weighted by Gasteiger charge is -2.49. The van der Waals surface area contributed by atoms with Gasteiger partial charge in [-0.05, 0) is 6.07 Å². The summed E-state index contributed by atoms with van der Waals surface area (Å²) in [6.07, 6.45) is 0.493. The van der Waals surface area contributed by atoms with Crippen LogP contribution in [0, 0.1) is 21.3 Å². The van der Waals surface area contributed by atoms with Crippen molar-refractivity contribution in [1.29, 1.82) is 0 Å². The lowest BCUT2D eigenvalue weighted by Crippen LogP contribution is -2.60. The number of rotatable bonds is 3. The number of hydrogen-bond donors (Lipinski definition) is 1. The zero-order valence-electron chi connectivity index (χ0n) is 10.2. The van der Waals surface area contributed by atoms with E-state index in [-0.39, 0.29) is 29.0 Å². The van der Waals surface area contributed by atoms with Crippen LogP contribution in [0.2, 0.25) is 0 Å². The van der Waals surface area contributed by atoms with Crippen LogP contribution in [0.4, 0.5) is 10.1 Å². The summed E-state index contributed by atoms with van der Waals surface area (Å²) in [4.78, 5) is 9.84. The number of nitrogens with two attached hydrogens (primary N) is 1. The minimum atomic E-state index is -0.722. The summed E-state index contributed by atoms with van der Waals surface area (Å²) in [7, 11) is 0. The largest absolute Gasteiger partial charge is 0.487 e.